The fraction of sp³-hybridized carbons (Fsp3) is 0.0476. The number of rotatable bonds is 4. The van der Waals surface area contributed by atoms with Crippen LogP contribution in [0.5, 0.6) is 0 Å². The highest BCUT2D eigenvalue weighted by molar-refractivity contribution is 6.33. The third-order valence-corrected chi connectivity index (χ3v) is 4.73. The van der Waals surface area contributed by atoms with Crippen LogP contribution in [0.15, 0.2) is 70.3 Å². The molecule has 4 rings (SSSR count). The Balaban J connectivity index is 1.67. The zero-order chi connectivity index (χ0) is 19.7. The highest BCUT2D eigenvalue weighted by atomic mass is 35.5. The van der Waals surface area contributed by atoms with Gasteiger partial charge in [-0.25, -0.2) is 4.98 Å². The average molecular weight is 392 g/mol. The number of nitroso groups, excluding NO2 is 1. The van der Waals surface area contributed by atoms with Crippen LogP contribution in [0, 0.1) is 11.8 Å². The number of carbonyl (C=O) groups excluding carboxylic acids is 1. The fourth-order valence-electron chi connectivity index (χ4n) is 2.91. The van der Waals surface area contributed by atoms with E-state index in [1.165, 1.54) is 18.2 Å². The molecule has 1 amide bonds. The van der Waals surface area contributed by atoms with Gasteiger partial charge in [-0.05, 0) is 60.1 Å². The summed E-state index contributed by atoms with van der Waals surface area (Å²) in [6.07, 6.45) is 0. The van der Waals surface area contributed by atoms with Gasteiger partial charge in [0.15, 0.2) is 5.58 Å². The molecule has 0 saturated heterocycles. The number of hydrogen-bond donors (Lipinski definition) is 1. The van der Waals surface area contributed by atoms with Gasteiger partial charge in [-0.15, -0.1) is 4.91 Å². The average Bonchev–Trinajstić information content (AvgIpc) is 3.13. The summed E-state index contributed by atoms with van der Waals surface area (Å²) in [6.45, 7) is 1.88. The summed E-state index contributed by atoms with van der Waals surface area (Å²) in [5.41, 5.74) is 3.96. The van der Waals surface area contributed by atoms with Crippen LogP contribution in [0.3, 0.4) is 0 Å². The van der Waals surface area contributed by atoms with Crippen LogP contribution in [-0.4, -0.2) is 10.9 Å². The van der Waals surface area contributed by atoms with Crippen molar-refractivity contribution in [3.05, 3.63) is 81.7 Å². The molecular weight excluding hydrogens is 378 g/mol. The van der Waals surface area contributed by atoms with Crippen molar-refractivity contribution in [2.75, 3.05) is 5.32 Å². The van der Waals surface area contributed by atoms with Gasteiger partial charge < -0.3 is 9.73 Å². The lowest BCUT2D eigenvalue weighted by atomic mass is 10.1. The van der Waals surface area contributed by atoms with Crippen molar-refractivity contribution in [2.45, 2.75) is 6.92 Å². The van der Waals surface area contributed by atoms with Crippen molar-refractivity contribution in [1.82, 2.24) is 4.98 Å². The Labute approximate surface area is 165 Å². The Bertz CT molecular complexity index is 1180. The van der Waals surface area contributed by atoms with E-state index in [9.17, 15) is 9.70 Å². The van der Waals surface area contributed by atoms with E-state index in [4.69, 9.17) is 16.0 Å². The summed E-state index contributed by atoms with van der Waals surface area (Å²) >= 11 is 5.87. The van der Waals surface area contributed by atoms with Crippen LogP contribution in [0.25, 0.3) is 22.6 Å². The fourth-order valence-corrected chi connectivity index (χ4v) is 3.06. The summed E-state index contributed by atoms with van der Waals surface area (Å²) in [4.78, 5) is 27.9. The maximum Gasteiger partial charge on any atom is 0.255 e. The first kappa shape index (κ1) is 17.9. The van der Waals surface area contributed by atoms with Crippen LogP contribution in [0.1, 0.15) is 15.9 Å². The minimum atomic E-state index is -0.376. The van der Waals surface area contributed by atoms with E-state index in [1.807, 2.05) is 43.3 Å². The number of anilines is 1. The number of carbonyl (C=O) groups is 1. The largest absolute Gasteiger partial charge is 0.436 e. The molecule has 3 aromatic carbocycles. The number of oxazole rings is 1. The number of amides is 1. The molecule has 6 nitrogen and oxygen atoms in total. The Morgan fingerprint density at radius 2 is 1.93 bits per heavy atom. The molecule has 0 bridgehead atoms. The number of benzene rings is 3. The second-order valence-electron chi connectivity index (χ2n) is 6.18. The number of nitrogens with one attached hydrogen (secondary N) is 1. The normalized spacial score (nSPS) is 10.8. The first-order chi connectivity index (χ1) is 13.6. The lowest BCUT2D eigenvalue weighted by Crippen LogP contribution is -2.13. The number of para-hydroxylation sites is 2. The van der Waals surface area contributed by atoms with Gasteiger partial charge in [-0.3, -0.25) is 4.79 Å². The van der Waals surface area contributed by atoms with Crippen LogP contribution in [-0.2, 0) is 0 Å². The van der Waals surface area contributed by atoms with Crippen LogP contribution < -0.4 is 5.32 Å². The number of nitrogens with zero attached hydrogens (tertiary/aromatic N) is 2. The monoisotopic (exact) mass is 391 g/mol. The van der Waals surface area contributed by atoms with Crippen molar-refractivity contribution in [3.63, 3.8) is 0 Å². The minimum Gasteiger partial charge on any atom is -0.436 e. The molecule has 4 aromatic rings. The first-order valence-electron chi connectivity index (χ1n) is 8.46. The molecule has 0 atom stereocenters. The van der Waals surface area contributed by atoms with Gasteiger partial charge >= 0.3 is 0 Å². The van der Waals surface area contributed by atoms with E-state index >= 15 is 0 Å². The van der Waals surface area contributed by atoms with Crippen molar-refractivity contribution < 1.29 is 9.21 Å². The van der Waals surface area contributed by atoms with Crippen LogP contribution in [0.2, 0.25) is 5.02 Å². The summed E-state index contributed by atoms with van der Waals surface area (Å²) in [5, 5.41) is 5.87. The molecule has 1 aromatic heterocycles. The standard InChI is InChI=1S/C21H14ClN3O3/c1-12-14(21-24-17-6-2-3-8-19(17)28-21)5-4-7-16(12)23-20(26)13-9-10-15(22)18(11-13)25-27/h2-11H,1H3,(H,23,26). The van der Waals surface area contributed by atoms with Gasteiger partial charge in [0.25, 0.3) is 5.91 Å². The first-order valence-corrected chi connectivity index (χ1v) is 8.84. The molecule has 0 saturated carbocycles. The lowest BCUT2D eigenvalue weighted by Gasteiger charge is -2.11. The van der Waals surface area contributed by atoms with E-state index in [2.05, 4.69) is 15.5 Å². The molecule has 28 heavy (non-hydrogen) atoms. The number of fused-ring (bicyclic) bond motifs is 1. The van der Waals surface area contributed by atoms with Crippen molar-refractivity contribution >= 4 is 40.0 Å². The highest BCUT2D eigenvalue weighted by Crippen LogP contribution is 2.31. The maximum absolute atomic E-state index is 12.6. The second kappa shape index (κ2) is 7.25. The number of aromatic nitrogens is 1. The van der Waals surface area contributed by atoms with Crippen molar-refractivity contribution in [1.29, 1.82) is 0 Å². The number of halogens is 1. The molecule has 0 aliphatic carbocycles. The summed E-state index contributed by atoms with van der Waals surface area (Å²) in [5.74, 6) is 0.105. The second-order valence-corrected chi connectivity index (χ2v) is 6.58. The Kier molecular flexibility index (Phi) is 4.63. The van der Waals surface area contributed by atoms with Gasteiger partial charge in [0.1, 0.15) is 11.2 Å². The third kappa shape index (κ3) is 3.25. The predicted molar refractivity (Wildman–Crippen MR) is 109 cm³/mol. The van der Waals surface area contributed by atoms with E-state index in [0.717, 1.165) is 16.6 Å². The SMILES string of the molecule is Cc1c(NC(=O)c2ccc(Cl)c(N=O)c2)cccc1-c1nc2ccccc2o1. The molecule has 0 spiro atoms. The number of hydrogen-bond acceptors (Lipinski definition) is 5. The smallest absolute Gasteiger partial charge is 0.255 e. The minimum absolute atomic E-state index is 0.0197. The molecule has 0 fully saturated rings. The molecule has 1 N–H and O–H groups in total. The molecule has 0 aliphatic heterocycles. The van der Waals surface area contributed by atoms with E-state index in [1.54, 1.807) is 6.07 Å². The quantitative estimate of drug-likeness (QED) is 0.425. The molecule has 0 radical (unpaired) electrons. The molecular formula is C21H14ClN3O3. The Hall–Kier alpha value is -3.51. The van der Waals surface area contributed by atoms with E-state index in [0.29, 0.717) is 17.2 Å². The molecule has 138 valence electrons. The molecule has 0 aliphatic rings. The van der Waals surface area contributed by atoms with E-state index in [-0.39, 0.29) is 22.2 Å². The van der Waals surface area contributed by atoms with Gasteiger partial charge in [-0.1, -0.05) is 29.8 Å². The third-order valence-electron chi connectivity index (χ3n) is 4.41. The summed E-state index contributed by atoms with van der Waals surface area (Å²) in [7, 11) is 0. The predicted octanol–water partition coefficient (Wildman–Crippen LogP) is 6.11. The van der Waals surface area contributed by atoms with Crippen LogP contribution in [0.4, 0.5) is 11.4 Å². The lowest BCUT2D eigenvalue weighted by molar-refractivity contribution is 0.102. The summed E-state index contributed by atoms with van der Waals surface area (Å²) in [6, 6.07) is 17.3. The molecule has 0 unspecified atom stereocenters. The van der Waals surface area contributed by atoms with Crippen molar-refractivity contribution in [3.8, 4) is 11.5 Å². The van der Waals surface area contributed by atoms with Crippen molar-refractivity contribution in [2.24, 2.45) is 5.18 Å². The van der Waals surface area contributed by atoms with Crippen LogP contribution >= 0.6 is 11.6 Å². The topological polar surface area (TPSA) is 84.6 Å². The Morgan fingerprint density at radius 1 is 1.11 bits per heavy atom. The molecule has 1 heterocycles. The maximum atomic E-state index is 12.6. The van der Waals surface area contributed by atoms with Gasteiger partial charge in [0, 0.05) is 16.8 Å². The van der Waals surface area contributed by atoms with Gasteiger partial charge in [-0.2, -0.15) is 0 Å². The zero-order valence-electron chi connectivity index (χ0n) is 14.8. The van der Waals surface area contributed by atoms with Gasteiger partial charge in [0.05, 0.1) is 5.02 Å². The summed E-state index contributed by atoms with van der Waals surface area (Å²) < 4.78 is 5.84. The zero-order valence-corrected chi connectivity index (χ0v) is 15.5. The Morgan fingerprint density at radius 3 is 2.71 bits per heavy atom. The highest BCUT2D eigenvalue weighted by Gasteiger charge is 2.15. The molecule has 7 heteroatoms. The van der Waals surface area contributed by atoms with E-state index < -0.39 is 0 Å². The van der Waals surface area contributed by atoms with Gasteiger partial charge in [0.2, 0.25) is 5.89 Å².